The minimum Gasteiger partial charge on any atom is -0.501 e. The summed E-state index contributed by atoms with van der Waals surface area (Å²) in [5.41, 5.74) is 2.88. The van der Waals surface area contributed by atoms with Crippen LogP contribution < -0.4 is 0 Å². The summed E-state index contributed by atoms with van der Waals surface area (Å²) in [5.74, 6) is 0. The normalized spacial score (nSPS) is 16.4. The Morgan fingerprint density at radius 2 is 1.22 bits per heavy atom. The topological polar surface area (TPSA) is 52.1 Å². The van der Waals surface area contributed by atoms with Crippen molar-refractivity contribution in [1.29, 1.82) is 0 Å². The first kappa shape index (κ1) is 30.0. The van der Waals surface area contributed by atoms with E-state index in [1.165, 1.54) is 30.6 Å². The van der Waals surface area contributed by atoms with Crippen molar-refractivity contribution in [3.63, 3.8) is 0 Å². The fourth-order valence-electron chi connectivity index (χ4n) is 7.22. The summed E-state index contributed by atoms with van der Waals surface area (Å²) in [5, 5.41) is 5.82. The molecule has 0 spiro atoms. The molecule has 5 heteroatoms. The van der Waals surface area contributed by atoms with Crippen molar-refractivity contribution in [2.45, 2.75) is 95.1 Å². The molecule has 9 rings (SSSR count). The molecule has 1 radical (unpaired) electrons. The quantitative estimate of drug-likeness (QED) is 0.161. The molecule has 0 amide bonds. The van der Waals surface area contributed by atoms with Crippen LogP contribution in [0.15, 0.2) is 112 Å². The van der Waals surface area contributed by atoms with Crippen LogP contribution in [-0.4, -0.2) is 9.97 Å². The number of benzene rings is 5. The number of hydrogen-bond donors (Lipinski definition) is 0. The van der Waals surface area contributed by atoms with Gasteiger partial charge in [0.2, 0.25) is 0 Å². The summed E-state index contributed by atoms with van der Waals surface area (Å²) in [6, 6.07) is 33.7. The van der Waals surface area contributed by atoms with Crippen molar-refractivity contribution in [1.82, 2.24) is 9.97 Å². The van der Waals surface area contributed by atoms with Crippen LogP contribution in [0.3, 0.4) is 0 Å². The molecule has 0 unspecified atom stereocenters. The zero-order valence-electron chi connectivity index (χ0n) is 47.4. The molecule has 9 aromatic rings. The number of aryl methyl sites for hydroxylation is 2. The van der Waals surface area contributed by atoms with Crippen molar-refractivity contribution < 1.29 is 45.4 Å². The van der Waals surface area contributed by atoms with Crippen molar-refractivity contribution in [2.75, 3.05) is 0 Å². The Bertz CT molecular complexity index is 3500. The maximum absolute atomic E-state index is 8.88. The molecule has 0 aliphatic carbocycles. The van der Waals surface area contributed by atoms with E-state index in [0.29, 0.717) is 33.7 Å². The maximum atomic E-state index is 8.88. The third-order valence-electron chi connectivity index (χ3n) is 9.60. The van der Waals surface area contributed by atoms with E-state index >= 15 is 0 Å². The Kier molecular flexibility index (Phi) is 8.21. The van der Waals surface area contributed by atoms with Crippen LogP contribution in [0.1, 0.15) is 107 Å². The number of hydrogen-bond acceptors (Lipinski definition) is 4. The molecule has 0 fully saturated rings. The molecule has 0 aliphatic rings. The number of nitrogens with zero attached hydrogens (tertiary/aromatic N) is 2. The van der Waals surface area contributed by atoms with Crippen LogP contribution in [0.25, 0.3) is 77.2 Å². The van der Waals surface area contributed by atoms with E-state index in [0.717, 1.165) is 43.5 Å². The number of rotatable bonds is 5. The Hall–Kier alpha value is -5.09. The molecular formula is C55H56IrN2O2-2. The minimum absolute atomic E-state index is 0. The molecule has 0 atom stereocenters. The smallest absolute Gasteiger partial charge is 0.143 e. The second-order valence-corrected chi connectivity index (χ2v) is 18.2. The fraction of sp³-hybridized carbons (Fsp3) is 0.309. The fourth-order valence-corrected chi connectivity index (χ4v) is 7.22. The van der Waals surface area contributed by atoms with Gasteiger partial charge in [-0.1, -0.05) is 128 Å². The molecule has 0 N–H and O–H groups in total. The second-order valence-electron chi connectivity index (χ2n) is 18.2. The predicted octanol–water partition coefficient (Wildman–Crippen LogP) is 15.4. The van der Waals surface area contributed by atoms with Crippen molar-refractivity contribution in [2.24, 2.45) is 16.2 Å². The third-order valence-corrected chi connectivity index (χ3v) is 9.60. The molecule has 5 aromatic carbocycles. The molecular weight excluding hydrogens is 913 g/mol. The van der Waals surface area contributed by atoms with Crippen LogP contribution in [0.2, 0.25) is 0 Å². The predicted molar refractivity (Wildman–Crippen MR) is 248 cm³/mol. The Morgan fingerprint density at radius 3 is 1.88 bits per heavy atom. The first-order valence-corrected chi connectivity index (χ1v) is 19.8. The Balaban J connectivity index is 0.000000220. The second kappa shape index (κ2) is 16.4. The van der Waals surface area contributed by atoms with Crippen LogP contribution in [0.4, 0.5) is 0 Å². The van der Waals surface area contributed by atoms with Gasteiger partial charge in [0.05, 0.1) is 5.58 Å². The monoisotopic (exact) mass is 981 g/mol. The number of pyridine rings is 2. The first-order valence-electron chi connectivity index (χ1n) is 25.8. The molecule has 0 saturated carbocycles. The van der Waals surface area contributed by atoms with E-state index in [-0.39, 0.29) is 47.9 Å². The van der Waals surface area contributed by atoms with E-state index < -0.39 is 49.1 Å². The molecule has 309 valence electrons. The number of furan rings is 2. The number of fused-ring (bicyclic) bond motifs is 8. The van der Waals surface area contributed by atoms with E-state index in [1.807, 2.05) is 30.3 Å². The van der Waals surface area contributed by atoms with E-state index in [1.54, 1.807) is 80.5 Å². The van der Waals surface area contributed by atoms with Gasteiger partial charge in [-0.2, -0.15) is 0 Å². The zero-order chi connectivity index (χ0) is 52.2. The molecule has 4 nitrogen and oxygen atoms in total. The summed E-state index contributed by atoms with van der Waals surface area (Å²) in [6.07, 6.45) is -2.92. The largest absolute Gasteiger partial charge is 0.501 e. The Morgan fingerprint density at radius 1 is 0.583 bits per heavy atom. The number of aromatic nitrogens is 2. The van der Waals surface area contributed by atoms with E-state index in [2.05, 4.69) is 46.4 Å². The van der Waals surface area contributed by atoms with Gasteiger partial charge < -0.3 is 18.8 Å². The first-order chi connectivity index (χ1) is 32.6. The summed E-state index contributed by atoms with van der Waals surface area (Å²) < 4.78 is 112. The van der Waals surface area contributed by atoms with Gasteiger partial charge in [-0.3, -0.25) is 0 Å². The van der Waals surface area contributed by atoms with Gasteiger partial charge in [-0.05, 0) is 93.9 Å². The molecule has 4 heterocycles. The van der Waals surface area contributed by atoms with Crippen molar-refractivity contribution in [3.8, 4) is 22.5 Å². The summed E-state index contributed by atoms with van der Waals surface area (Å²) in [4.78, 5) is 8.87. The Labute approximate surface area is 386 Å². The summed E-state index contributed by atoms with van der Waals surface area (Å²) in [6.45, 7) is 11.2. The average molecular weight is 981 g/mol. The van der Waals surface area contributed by atoms with Gasteiger partial charge in [0.1, 0.15) is 16.7 Å². The SMILES string of the molecule is [2H]C([2H])([2H])c1c[c-]c(-c2cc(C([2H])([2H])C(C)(C)C)c(C([2H])([2H])C(C)(C)C)cn2)cc1.[2H]C([2H])([2H])c1cnc(-c2[c-]ccc3c2oc2cc4c(cc23)oc2c3ccccc3ccc42)cc1C([2H])([2H])C(C)(C)C.[Ir]. The van der Waals surface area contributed by atoms with Crippen molar-refractivity contribution >= 4 is 54.6 Å². The van der Waals surface area contributed by atoms with E-state index in [9.17, 15) is 0 Å². The molecule has 60 heavy (non-hydrogen) atoms. The van der Waals surface area contributed by atoms with Crippen LogP contribution in [0.5, 0.6) is 0 Å². The molecule has 4 aromatic heterocycles. The van der Waals surface area contributed by atoms with Gasteiger partial charge in [-0.25, -0.2) is 0 Å². The molecule has 0 aliphatic heterocycles. The van der Waals surface area contributed by atoms with Crippen molar-refractivity contribution in [3.05, 3.63) is 143 Å². The minimum atomic E-state index is -2.52. The van der Waals surface area contributed by atoms with Crippen LogP contribution in [0, 0.1) is 42.1 Å². The standard InChI is InChI=1S/C33H26NO2.C22H30N.Ir/c1-19-18-34-28(14-21(19)17-33(2,3)4)25-11-7-10-23-26-15-30-27(16-29(26)36-32(23)25)24-13-12-20-8-5-6-9-22(20)31(24)35-30;1-16-8-10-17(11-9-16)20-12-18(13-21(2,3)4)19(15-23-20)14-22(5,6)7;/h5-10,12-16,18H,17H2,1-4H3;8-10,12,15H,13-14H2,1-7H3;/q2*-1;/i1D3,17D2;1D3,13D2,14D2;. The van der Waals surface area contributed by atoms with Gasteiger partial charge in [0.25, 0.3) is 0 Å². The van der Waals surface area contributed by atoms with Gasteiger partial charge in [-0.15, -0.1) is 53.6 Å². The van der Waals surface area contributed by atoms with Gasteiger partial charge in [0.15, 0.2) is 0 Å². The third kappa shape index (κ3) is 9.29. The molecule has 0 saturated heterocycles. The van der Waals surface area contributed by atoms with Gasteiger partial charge >= 0.3 is 0 Å². The molecule has 0 bridgehead atoms. The summed E-state index contributed by atoms with van der Waals surface area (Å²) >= 11 is 0. The zero-order valence-corrected chi connectivity index (χ0v) is 37.8. The van der Waals surface area contributed by atoms with E-state index in [4.69, 9.17) is 25.3 Å². The van der Waals surface area contributed by atoms with Crippen LogP contribution >= 0.6 is 0 Å². The van der Waals surface area contributed by atoms with Crippen LogP contribution in [-0.2, 0) is 39.2 Å². The average Bonchev–Trinajstić information content (AvgIpc) is 3.84. The maximum Gasteiger partial charge on any atom is 0.143 e. The summed E-state index contributed by atoms with van der Waals surface area (Å²) in [7, 11) is 0. The van der Waals surface area contributed by atoms with Gasteiger partial charge in [0, 0.05) is 70.5 Å².